The molecule has 0 radical (unpaired) electrons. The maximum Gasteiger partial charge on any atom is 0.472 e. The number of phosphoric ester groups is 1. The molecule has 0 aromatic carbocycles. The molecule has 9 nitrogen and oxygen atoms in total. The van der Waals surface area contributed by atoms with Crippen molar-refractivity contribution in [2.24, 2.45) is 0 Å². The maximum absolute atomic E-state index is 13.5. The predicted octanol–water partition coefficient (Wildman–Crippen LogP) is 20.9. The highest BCUT2D eigenvalue weighted by Gasteiger charge is 2.30. The van der Waals surface area contributed by atoms with Gasteiger partial charge >= 0.3 is 13.8 Å². The van der Waals surface area contributed by atoms with E-state index in [1.54, 1.807) is 0 Å². The number of quaternary nitrogens is 1. The van der Waals surface area contributed by atoms with Crippen molar-refractivity contribution in [2.45, 2.75) is 354 Å². The first-order chi connectivity index (χ1) is 37.4. The normalized spacial score (nSPS) is 13.7. The summed E-state index contributed by atoms with van der Waals surface area (Å²) in [4.78, 5) is 37.7. The van der Waals surface area contributed by atoms with Gasteiger partial charge in [-0.2, -0.15) is 0 Å². The average Bonchev–Trinajstić information content (AvgIpc) is 3.39. The molecule has 0 spiro atoms. The van der Waals surface area contributed by atoms with Crippen LogP contribution in [0, 0.1) is 0 Å². The summed E-state index contributed by atoms with van der Waals surface area (Å²) in [5.74, 6) is -0.505. The van der Waals surface area contributed by atoms with Gasteiger partial charge in [0.2, 0.25) is 5.91 Å². The van der Waals surface area contributed by atoms with Gasteiger partial charge in [-0.1, -0.05) is 296 Å². The van der Waals surface area contributed by atoms with Crippen molar-refractivity contribution in [1.29, 1.82) is 0 Å². The molecule has 0 aromatic heterocycles. The van der Waals surface area contributed by atoms with Crippen LogP contribution in [0.5, 0.6) is 0 Å². The SMILES string of the molecule is CCCCCCCCC/C=C\CCCCCC(=O)NC(COP(=O)(O)OCC[N+](C)(C)C)C(/C=C\CCCCCCCCCCCC)OC(=O)CCCCCCCCCCCCCCCCCCCCCCCCCCC. The van der Waals surface area contributed by atoms with Gasteiger partial charge in [0, 0.05) is 12.8 Å². The van der Waals surface area contributed by atoms with Gasteiger partial charge in [0.1, 0.15) is 19.3 Å². The van der Waals surface area contributed by atoms with Crippen LogP contribution in [-0.2, 0) is 27.9 Å². The number of allylic oxidation sites excluding steroid dienone is 3. The molecule has 3 atom stereocenters. The summed E-state index contributed by atoms with van der Waals surface area (Å²) in [7, 11) is 1.50. The van der Waals surface area contributed by atoms with Crippen molar-refractivity contribution in [3.8, 4) is 0 Å². The molecule has 3 unspecified atom stereocenters. The topological polar surface area (TPSA) is 111 Å². The Kier molecular flexibility index (Phi) is 56.6. The number of nitrogens with zero attached hydrogens (tertiary/aromatic N) is 1. The zero-order valence-electron chi connectivity index (χ0n) is 52.2. The number of carbonyl (C=O) groups is 2. The minimum absolute atomic E-state index is 0.0411. The van der Waals surface area contributed by atoms with Gasteiger partial charge in [-0.05, 0) is 57.4 Å². The molecular formula is C67H132N2O7P+. The Balaban J connectivity index is 5.03. The zero-order chi connectivity index (χ0) is 56.4. The third kappa shape index (κ3) is 58.9. The van der Waals surface area contributed by atoms with Crippen molar-refractivity contribution >= 4 is 19.7 Å². The number of unbranched alkanes of at least 4 members (excludes halogenated alkanes) is 44. The molecule has 0 aliphatic rings. The summed E-state index contributed by atoms with van der Waals surface area (Å²) in [6, 6.07) is -0.850. The van der Waals surface area contributed by atoms with Crippen molar-refractivity contribution in [2.75, 3.05) is 40.9 Å². The number of amides is 1. The second-order valence-electron chi connectivity index (χ2n) is 24.4. The molecule has 77 heavy (non-hydrogen) atoms. The fourth-order valence-corrected chi connectivity index (χ4v) is 10.9. The summed E-state index contributed by atoms with van der Waals surface area (Å²) in [6.45, 7) is 7.05. The van der Waals surface area contributed by atoms with Crippen molar-refractivity contribution in [3.05, 3.63) is 24.3 Å². The van der Waals surface area contributed by atoms with Crippen molar-refractivity contribution < 1.29 is 37.3 Å². The zero-order valence-corrected chi connectivity index (χ0v) is 53.1. The van der Waals surface area contributed by atoms with Gasteiger partial charge in [0.15, 0.2) is 0 Å². The number of hydrogen-bond donors (Lipinski definition) is 2. The second-order valence-corrected chi connectivity index (χ2v) is 25.8. The Morgan fingerprint density at radius 3 is 1.12 bits per heavy atom. The molecule has 0 rings (SSSR count). The Bertz CT molecular complexity index is 1370. The number of ether oxygens (including phenoxy) is 1. The lowest BCUT2D eigenvalue weighted by molar-refractivity contribution is -0.870. The van der Waals surface area contributed by atoms with Gasteiger partial charge in [-0.25, -0.2) is 4.57 Å². The van der Waals surface area contributed by atoms with Crippen LogP contribution in [0.15, 0.2) is 24.3 Å². The Labute approximate surface area is 479 Å². The third-order valence-electron chi connectivity index (χ3n) is 15.4. The largest absolute Gasteiger partial charge is 0.472 e. The van der Waals surface area contributed by atoms with E-state index in [0.29, 0.717) is 23.9 Å². The molecule has 0 aliphatic heterocycles. The van der Waals surface area contributed by atoms with Crippen LogP contribution in [-0.4, -0.2) is 74.3 Å². The molecule has 10 heteroatoms. The number of rotatable bonds is 62. The first kappa shape index (κ1) is 75.5. The van der Waals surface area contributed by atoms with Gasteiger partial charge in [-0.3, -0.25) is 18.6 Å². The lowest BCUT2D eigenvalue weighted by Gasteiger charge is -2.27. The van der Waals surface area contributed by atoms with Crippen LogP contribution in [0.1, 0.15) is 342 Å². The summed E-state index contributed by atoms with van der Waals surface area (Å²) in [5.41, 5.74) is 0. The van der Waals surface area contributed by atoms with E-state index >= 15 is 0 Å². The number of carbonyl (C=O) groups excluding carboxylic acids is 2. The van der Waals surface area contributed by atoms with Crippen LogP contribution in [0.2, 0.25) is 0 Å². The predicted molar refractivity (Wildman–Crippen MR) is 333 cm³/mol. The Morgan fingerprint density at radius 2 is 0.753 bits per heavy atom. The van der Waals surface area contributed by atoms with E-state index in [2.05, 4.69) is 38.2 Å². The highest BCUT2D eigenvalue weighted by molar-refractivity contribution is 7.47. The first-order valence-corrected chi connectivity index (χ1v) is 35.2. The fourth-order valence-electron chi connectivity index (χ4n) is 10.2. The average molecular weight is 1110 g/mol. The number of hydrogen-bond acceptors (Lipinski definition) is 6. The molecule has 1 amide bonds. The molecule has 456 valence electrons. The molecule has 0 fully saturated rings. The molecule has 0 saturated carbocycles. The van der Waals surface area contributed by atoms with E-state index in [1.807, 2.05) is 33.3 Å². The van der Waals surface area contributed by atoms with Crippen LogP contribution in [0.4, 0.5) is 0 Å². The standard InChI is InChI=1S/C67H131N2O7P/c1-7-10-13-16-19-22-25-28-30-31-32-33-34-35-36-37-38-39-40-42-45-48-51-54-57-60-67(71)76-65(58-55-52-49-46-43-27-24-21-18-15-12-9-3)64(63-75-77(72,73)74-62-61-69(4,5)6)68-66(70)59-56-53-50-47-44-41-29-26-23-20-17-14-11-8-2/h41,44,55,58,64-65H,7-40,42-43,45-54,56-57,59-63H2,1-6H3,(H-,68,70,72,73)/p+1/b44-41-,58-55-. The Morgan fingerprint density at radius 1 is 0.442 bits per heavy atom. The van der Waals surface area contributed by atoms with E-state index < -0.39 is 20.0 Å². The van der Waals surface area contributed by atoms with Crippen LogP contribution < -0.4 is 5.32 Å². The van der Waals surface area contributed by atoms with Crippen molar-refractivity contribution in [1.82, 2.24) is 5.32 Å². The Hall–Kier alpha value is -1.51. The van der Waals surface area contributed by atoms with Gasteiger partial charge < -0.3 is 19.4 Å². The molecule has 0 heterocycles. The molecular weight excluding hydrogens is 976 g/mol. The number of esters is 1. The molecule has 0 bridgehead atoms. The van der Waals surface area contributed by atoms with Gasteiger partial charge in [0.25, 0.3) is 0 Å². The minimum atomic E-state index is -4.45. The molecule has 0 aliphatic carbocycles. The number of likely N-dealkylation sites (N-methyl/N-ethyl adjacent to an activating group) is 1. The highest BCUT2D eigenvalue weighted by Crippen LogP contribution is 2.43. The smallest absolute Gasteiger partial charge is 0.456 e. The quantitative estimate of drug-likeness (QED) is 0.0205. The summed E-state index contributed by atoms with van der Waals surface area (Å²) < 4.78 is 30.7. The summed E-state index contributed by atoms with van der Waals surface area (Å²) in [5, 5.41) is 3.05. The van der Waals surface area contributed by atoms with E-state index in [1.165, 1.54) is 238 Å². The van der Waals surface area contributed by atoms with E-state index in [9.17, 15) is 19.0 Å². The number of nitrogens with one attached hydrogen (secondary N) is 1. The third-order valence-corrected chi connectivity index (χ3v) is 16.4. The van der Waals surface area contributed by atoms with Crippen LogP contribution >= 0.6 is 7.82 Å². The second kappa shape index (κ2) is 57.7. The lowest BCUT2D eigenvalue weighted by Crippen LogP contribution is -2.47. The molecule has 0 saturated heterocycles. The lowest BCUT2D eigenvalue weighted by atomic mass is 10.0. The van der Waals surface area contributed by atoms with Crippen molar-refractivity contribution in [3.63, 3.8) is 0 Å². The first-order valence-electron chi connectivity index (χ1n) is 33.7. The summed E-state index contributed by atoms with van der Waals surface area (Å²) in [6.07, 6.45) is 69.1. The molecule has 2 N–H and O–H groups in total. The molecule has 0 aromatic rings. The van der Waals surface area contributed by atoms with E-state index in [4.69, 9.17) is 13.8 Å². The highest BCUT2D eigenvalue weighted by atomic mass is 31.2. The van der Waals surface area contributed by atoms with Crippen LogP contribution in [0.25, 0.3) is 0 Å². The van der Waals surface area contributed by atoms with Gasteiger partial charge in [0.05, 0.1) is 33.8 Å². The number of phosphoric acid groups is 1. The van der Waals surface area contributed by atoms with E-state index in [0.717, 1.165) is 70.6 Å². The van der Waals surface area contributed by atoms with Gasteiger partial charge in [-0.15, -0.1) is 0 Å². The monoisotopic (exact) mass is 1110 g/mol. The van der Waals surface area contributed by atoms with E-state index in [-0.39, 0.29) is 25.1 Å². The maximum atomic E-state index is 13.5. The summed E-state index contributed by atoms with van der Waals surface area (Å²) >= 11 is 0. The van der Waals surface area contributed by atoms with Crippen LogP contribution in [0.3, 0.4) is 0 Å². The minimum Gasteiger partial charge on any atom is -0.456 e. The fraction of sp³-hybridized carbons (Fsp3) is 0.910.